The monoisotopic (exact) mass is 262 g/mol. The van der Waals surface area contributed by atoms with Crippen LogP contribution in [0, 0.1) is 5.92 Å². The molecule has 1 aliphatic heterocycles. The van der Waals surface area contributed by atoms with E-state index in [-0.39, 0.29) is 17.9 Å². The molecule has 2 rings (SSSR count). The maximum Gasteiger partial charge on any atom is 0.224 e. The molecule has 0 saturated carbocycles. The lowest BCUT2D eigenvalue weighted by Crippen LogP contribution is -2.46. The standard InChI is InChI=1S/C15H22N2O2/c1-11-14(4-3-9-16-11)15(18)17-10-12-5-7-13(19-2)8-6-12/h5-8,11,14,16H,3-4,9-10H2,1-2H3,(H,17,18). The number of hydrogen-bond acceptors (Lipinski definition) is 3. The van der Waals surface area contributed by atoms with Crippen LogP contribution < -0.4 is 15.4 Å². The SMILES string of the molecule is COc1ccc(CNC(=O)C2CCCNC2C)cc1. The molecule has 0 aliphatic carbocycles. The zero-order valence-corrected chi connectivity index (χ0v) is 11.6. The van der Waals surface area contributed by atoms with Gasteiger partial charge in [0.1, 0.15) is 5.75 Å². The van der Waals surface area contributed by atoms with Gasteiger partial charge in [0.25, 0.3) is 0 Å². The third kappa shape index (κ3) is 3.70. The van der Waals surface area contributed by atoms with Crippen molar-refractivity contribution in [1.82, 2.24) is 10.6 Å². The Morgan fingerprint density at radius 2 is 2.16 bits per heavy atom. The quantitative estimate of drug-likeness (QED) is 0.868. The Bertz CT molecular complexity index is 417. The molecule has 2 atom stereocenters. The summed E-state index contributed by atoms with van der Waals surface area (Å²) in [4.78, 5) is 12.1. The number of benzene rings is 1. The van der Waals surface area contributed by atoms with Gasteiger partial charge < -0.3 is 15.4 Å². The Hall–Kier alpha value is -1.55. The zero-order valence-electron chi connectivity index (χ0n) is 11.6. The van der Waals surface area contributed by atoms with E-state index in [1.807, 2.05) is 24.3 Å². The Labute approximate surface area is 114 Å². The minimum absolute atomic E-state index is 0.0898. The largest absolute Gasteiger partial charge is 0.497 e. The van der Waals surface area contributed by atoms with Crippen LogP contribution in [0.2, 0.25) is 0 Å². The van der Waals surface area contributed by atoms with Crippen molar-refractivity contribution in [3.8, 4) is 5.75 Å². The molecular formula is C15H22N2O2. The van der Waals surface area contributed by atoms with Gasteiger partial charge >= 0.3 is 0 Å². The van der Waals surface area contributed by atoms with Gasteiger partial charge in [-0.25, -0.2) is 0 Å². The first-order chi connectivity index (χ1) is 9.20. The summed E-state index contributed by atoms with van der Waals surface area (Å²) in [5.74, 6) is 1.07. The van der Waals surface area contributed by atoms with Crippen molar-refractivity contribution in [3.05, 3.63) is 29.8 Å². The summed E-state index contributed by atoms with van der Waals surface area (Å²) >= 11 is 0. The summed E-state index contributed by atoms with van der Waals surface area (Å²) in [6.45, 7) is 3.67. The average Bonchev–Trinajstić information content (AvgIpc) is 2.46. The van der Waals surface area contributed by atoms with Crippen molar-refractivity contribution in [2.75, 3.05) is 13.7 Å². The molecule has 2 unspecified atom stereocenters. The highest BCUT2D eigenvalue weighted by molar-refractivity contribution is 5.79. The minimum atomic E-state index is 0.0898. The highest BCUT2D eigenvalue weighted by Gasteiger charge is 2.26. The third-order valence-corrected chi connectivity index (χ3v) is 3.72. The van der Waals surface area contributed by atoms with E-state index in [4.69, 9.17) is 4.74 Å². The fraction of sp³-hybridized carbons (Fsp3) is 0.533. The Morgan fingerprint density at radius 1 is 1.42 bits per heavy atom. The summed E-state index contributed by atoms with van der Waals surface area (Å²) in [5, 5.41) is 6.37. The Morgan fingerprint density at radius 3 is 2.79 bits per heavy atom. The van der Waals surface area contributed by atoms with Gasteiger partial charge in [0.15, 0.2) is 0 Å². The first-order valence-electron chi connectivity index (χ1n) is 6.84. The number of nitrogens with one attached hydrogen (secondary N) is 2. The van der Waals surface area contributed by atoms with Crippen molar-refractivity contribution in [2.45, 2.75) is 32.4 Å². The molecule has 0 spiro atoms. The second kappa shape index (κ2) is 6.57. The number of carbonyl (C=O) groups excluding carboxylic acids is 1. The topological polar surface area (TPSA) is 50.4 Å². The normalized spacial score (nSPS) is 22.8. The molecular weight excluding hydrogens is 240 g/mol. The van der Waals surface area contributed by atoms with Crippen molar-refractivity contribution in [3.63, 3.8) is 0 Å². The third-order valence-electron chi connectivity index (χ3n) is 3.72. The molecule has 0 aromatic heterocycles. The molecule has 4 heteroatoms. The molecule has 0 bridgehead atoms. The number of methoxy groups -OCH3 is 1. The van der Waals surface area contributed by atoms with Crippen LogP contribution in [-0.4, -0.2) is 25.6 Å². The van der Waals surface area contributed by atoms with E-state index in [1.54, 1.807) is 7.11 Å². The van der Waals surface area contributed by atoms with E-state index in [2.05, 4.69) is 17.6 Å². The minimum Gasteiger partial charge on any atom is -0.497 e. The summed E-state index contributed by atoms with van der Waals surface area (Å²) < 4.78 is 5.11. The molecule has 19 heavy (non-hydrogen) atoms. The van der Waals surface area contributed by atoms with Gasteiger partial charge in [-0.05, 0) is 44.0 Å². The lowest BCUT2D eigenvalue weighted by molar-refractivity contribution is -0.126. The van der Waals surface area contributed by atoms with Crippen LogP contribution in [0.15, 0.2) is 24.3 Å². The first kappa shape index (κ1) is 13.9. The number of ether oxygens (including phenoxy) is 1. The molecule has 1 heterocycles. The van der Waals surface area contributed by atoms with E-state index in [9.17, 15) is 4.79 Å². The number of amides is 1. The first-order valence-corrected chi connectivity index (χ1v) is 6.84. The Kier molecular flexibility index (Phi) is 4.80. The number of rotatable bonds is 4. The molecule has 0 radical (unpaired) electrons. The zero-order chi connectivity index (χ0) is 13.7. The van der Waals surface area contributed by atoms with Gasteiger partial charge in [-0.15, -0.1) is 0 Å². The summed E-state index contributed by atoms with van der Waals surface area (Å²) in [7, 11) is 1.65. The number of piperidine rings is 1. The van der Waals surface area contributed by atoms with Gasteiger partial charge in [0.05, 0.1) is 13.0 Å². The van der Waals surface area contributed by atoms with Crippen LogP contribution in [0.4, 0.5) is 0 Å². The second-order valence-electron chi connectivity index (χ2n) is 5.06. The van der Waals surface area contributed by atoms with Crippen LogP contribution in [0.1, 0.15) is 25.3 Å². The fourth-order valence-corrected chi connectivity index (χ4v) is 2.47. The molecule has 2 N–H and O–H groups in total. The Balaban J connectivity index is 1.85. The summed E-state index contributed by atoms with van der Waals surface area (Å²) in [6, 6.07) is 8.03. The predicted molar refractivity (Wildman–Crippen MR) is 75.0 cm³/mol. The van der Waals surface area contributed by atoms with Gasteiger partial charge in [-0.3, -0.25) is 4.79 Å². The van der Waals surface area contributed by atoms with Crippen LogP contribution in [-0.2, 0) is 11.3 Å². The molecule has 4 nitrogen and oxygen atoms in total. The van der Waals surface area contributed by atoms with E-state index in [0.29, 0.717) is 6.54 Å². The molecule has 1 aromatic carbocycles. The molecule has 1 saturated heterocycles. The average molecular weight is 262 g/mol. The molecule has 1 fully saturated rings. The molecule has 1 aromatic rings. The lowest BCUT2D eigenvalue weighted by atomic mass is 9.91. The van der Waals surface area contributed by atoms with Gasteiger partial charge in [-0.1, -0.05) is 12.1 Å². The van der Waals surface area contributed by atoms with Crippen molar-refractivity contribution in [2.24, 2.45) is 5.92 Å². The number of hydrogen-bond donors (Lipinski definition) is 2. The summed E-state index contributed by atoms with van der Waals surface area (Å²) in [5.41, 5.74) is 1.09. The van der Waals surface area contributed by atoms with Crippen molar-refractivity contribution < 1.29 is 9.53 Å². The van der Waals surface area contributed by atoms with E-state index < -0.39 is 0 Å². The maximum absolute atomic E-state index is 12.1. The van der Waals surface area contributed by atoms with Crippen LogP contribution >= 0.6 is 0 Å². The summed E-state index contributed by atoms with van der Waals surface area (Å²) in [6.07, 6.45) is 2.05. The highest BCUT2D eigenvalue weighted by Crippen LogP contribution is 2.17. The van der Waals surface area contributed by atoms with Crippen LogP contribution in [0.5, 0.6) is 5.75 Å². The van der Waals surface area contributed by atoms with Crippen molar-refractivity contribution >= 4 is 5.91 Å². The predicted octanol–water partition coefficient (Wildman–Crippen LogP) is 1.70. The smallest absolute Gasteiger partial charge is 0.224 e. The van der Waals surface area contributed by atoms with E-state index in [1.165, 1.54) is 0 Å². The van der Waals surface area contributed by atoms with Crippen LogP contribution in [0.3, 0.4) is 0 Å². The highest BCUT2D eigenvalue weighted by atomic mass is 16.5. The molecule has 1 aliphatic rings. The molecule has 104 valence electrons. The number of carbonyl (C=O) groups is 1. The van der Waals surface area contributed by atoms with Crippen LogP contribution in [0.25, 0.3) is 0 Å². The van der Waals surface area contributed by atoms with Crippen molar-refractivity contribution in [1.29, 1.82) is 0 Å². The second-order valence-corrected chi connectivity index (χ2v) is 5.06. The fourth-order valence-electron chi connectivity index (χ4n) is 2.47. The van der Waals surface area contributed by atoms with Gasteiger partial charge in [-0.2, -0.15) is 0 Å². The van der Waals surface area contributed by atoms with Gasteiger partial charge in [0, 0.05) is 12.6 Å². The van der Waals surface area contributed by atoms with Gasteiger partial charge in [0.2, 0.25) is 5.91 Å². The lowest BCUT2D eigenvalue weighted by Gasteiger charge is -2.28. The maximum atomic E-state index is 12.1. The molecule has 1 amide bonds. The van der Waals surface area contributed by atoms with E-state index in [0.717, 1.165) is 30.7 Å². The van der Waals surface area contributed by atoms with E-state index >= 15 is 0 Å².